The molecule has 0 fully saturated rings. The summed E-state index contributed by atoms with van der Waals surface area (Å²) in [5.74, 6) is 0. The molecule has 2 aromatic rings. The first-order valence-electron chi connectivity index (χ1n) is 4.62. The molecule has 1 N–H and O–H groups in total. The highest BCUT2D eigenvalue weighted by Gasteiger charge is 2.12. The van der Waals surface area contributed by atoms with Crippen molar-refractivity contribution in [3.8, 4) is 0 Å². The van der Waals surface area contributed by atoms with Crippen molar-refractivity contribution >= 4 is 44.7 Å². The second-order valence-corrected chi connectivity index (χ2v) is 4.61. The number of aromatic amines is 1. The van der Waals surface area contributed by atoms with E-state index in [1.165, 1.54) is 0 Å². The van der Waals surface area contributed by atoms with Crippen molar-refractivity contribution < 1.29 is 4.79 Å². The fraction of sp³-hybridized carbons (Fsp3) is 0.182. The number of carbonyl (C=O) groups excluding carboxylic acids is 1. The van der Waals surface area contributed by atoms with Gasteiger partial charge in [0.2, 0.25) is 0 Å². The van der Waals surface area contributed by atoms with Gasteiger partial charge in [-0.15, -0.1) is 0 Å². The monoisotopic (exact) mass is 285 g/mol. The first-order valence-corrected chi connectivity index (χ1v) is 5.79. The third-order valence-corrected chi connectivity index (χ3v) is 3.20. The van der Waals surface area contributed by atoms with E-state index < -0.39 is 0 Å². The molecule has 0 saturated heterocycles. The maximum absolute atomic E-state index is 10.9. The molecule has 2 rings (SSSR count). The number of benzene rings is 1. The Morgan fingerprint density at radius 1 is 1.53 bits per heavy atom. The summed E-state index contributed by atoms with van der Waals surface area (Å²) in [4.78, 5) is 13.9. The van der Waals surface area contributed by atoms with Gasteiger partial charge in [0, 0.05) is 9.86 Å². The van der Waals surface area contributed by atoms with Gasteiger partial charge in [0.05, 0.1) is 11.1 Å². The molecule has 1 aromatic heterocycles. The fourth-order valence-corrected chi connectivity index (χ4v) is 2.46. The van der Waals surface area contributed by atoms with Crippen LogP contribution in [0.1, 0.15) is 22.8 Å². The molecule has 1 heterocycles. The predicted octanol–water partition coefficient (Wildman–Crippen LogP) is 3.96. The number of carbonyl (C=O) groups is 1. The summed E-state index contributed by atoms with van der Waals surface area (Å²) in [6.45, 7) is 2.07. The zero-order chi connectivity index (χ0) is 11.0. The molecule has 0 aliphatic rings. The van der Waals surface area contributed by atoms with Gasteiger partial charge in [-0.3, -0.25) is 4.79 Å². The van der Waals surface area contributed by atoms with Gasteiger partial charge >= 0.3 is 0 Å². The van der Waals surface area contributed by atoms with Crippen molar-refractivity contribution in [1.82, 2.24) is 4.98 Å². The van der Waals surface area contributed by atoms with Crippen LogP contribution in [0.25, 0.3) is 10.9 Å². The molecule has 15 heavy (non-hydrogen) atoms. The SMILES string of the molecule is CCc1cc(Br)cc2c(C=O)c(Cl)[nH]c12. The van der Waals surface area contributed by atoms with Crippen LogP contribution in [0.2, 0.25) is 5.15 Å². The smallest absolute Gasteiger partial charge is 0.153 e. The summed E-state index contributed by atoms with van der Waals surface area (Å²) in [6.07, 6.45) is 1.68. The molecule has 0 unspecified atom stereocenters. The fourth-order valence-electron chi connectivity index (χ4n) is 1.71. The maximum atomic E-state index is 10.9. The molecule has 0 saturated carbocycles. The lowest BCUT2D eigenvalue weighted by atomic mass is 10.1. The number of H-pyrrole nitrogens is 1. The zero-order valence-electron chi connectivity index (χ0n) is 8.10. The summed E-state index contributed by atoms with van der Waals surface area (Å²) in [7, 11) is 0. The molecule has 0 bridgehead atoms. The summed E-state index contributed by atoms with van der Waals surface area (Å²) in [5, 5.41) is 1.29. The van der Waals surface area contributed by atoms with Crippen molar-refractivity contribution in [1.29, 1.82) is 0 Å². The lowest BCUT2D eigenvalue weighted by molar-refractivity contribution is 0.112. The quantitative estimate of drug-likeness (QED) is 0.833. The van der Waals surface area contributed by atoms with Crippen molar-refractivity contribution in [2.24, 2.45) is 0 Å². The molecule has 0 radical (unpaired) electrons. The molecule has 78 valence electrons. The highest BCUT2D eigenvalue weighted by atomic mass is 79.9. The molecular weight excluding hydrogens is 277 g/mol. The van der Waals surface area contributed by atoms with Crippen molar-refractivity contribution in [2.75, 3.05) is 0 Å². The Kier molecular flexibility index (Phi) is 2.85. The van der Waals surface area contributed by atoms with E-state index in [0.717, 1.165) is 33.6 Å². The van der Waals surface area contributed by atoms with Gasteiger partial charge < -0.3 is 4.98 Å². The van der Waals surface area contributed by atoms with Crippen LogP contribution in [0.3, 0.4) is 0 Å². The predicted molar refractivity (Wildman–Crippen MR) is 65.8 cm³/mol. The number of hydrogen-bond acceptors (Lipinski definition) is 1. The number of aromatic nitrogens is 1. The normalized spacial score (nSPS) is 10.9. The van der Waals surface area contributed by atoms with Crippen LogP contribution >= 0.6 is 27.5 Å². The Bertz CT molecular complexity index is 533. The van der Waals surface area contributed by atoms with Crippen LogP contribution in [-0.2, 0) is 6.42 Å². The van der Waals surface area contributed by atoms with Crippen molar-refractivity contribution in [3.05, 3.63) is 32.9 Å². The van der Waals surface area contributed by atoms with Crippen LogP contribution in [0, 0.1) is 0 Å². The minimum absolute atomic E-state index is 0.410. The highest BCUT2D eigenvalue weighted by Crippen LogP contribution is 2.30. The average molecular weight is 287 g/mol. The van der Waals surface area contributed by atoms with Crippen LogP contribution in [0.4, 0.5) is 0 Å². The minimum Gasteiger partial charge on any atom is -0.345 e. The molecule has 0 aliphatic heterocycles. The summed E-state index contributed by atoms with van der Waals surface area (Å²) in [6, 6.07) is 3.93. The Morgan fingerprint density at radius 2 is 2.27 bits per heavy atom. The van der Waals surface area contributed by atoms with Gasteiger partial charge in [0.25, 0.3) is 0 Å². The van der Waals surface area contributed by atoms with E-state index in [-0.39, 0.29) is 0 Å². The van der Waals surface area contributed by atoms with Crippen molar-refractivity contribution in [3.63, 3.8) is 0 Å². The van der Waals surface area contributed by atoms with Crippen molar-refractivity contribution in [2.45, 2.75) is 13.3 Å². The van der Waals surface area contributed by atoms with E-state index in [9.17, 15) is 4.79 Å². The molecule has 0 atom stereocenters. The standard InChI is InChI=1S/C11H9BrClNO/c1-2-6-3-7(12)4-8-9(5-15)11(13)14-10(6)8/h3-5,14H,2H2,1H3. The van der Waals surface area contributed by atoms with E-state index in [2.05, 4.69) is 27.8 Å². The topological polar surface area (TPSA) is 32.9 Å². The second-order valence-electron chi connectivity index (χ2n) is 3.31. The van der Waals surface area contributed by atoms with Crippen LogP contribution in [-0.4, -0.2) is 11.3 Å². The van der Waals surface area contributed by atoms with Gasteiger partial charge in [0.15, 0.2) is 6.29 Å². The van der Waals surface area contributed by atoms with E-state index in [1.807, 2.05) is 12.1 Å². The van der Waals surface area contributed by atoms with E-state index in [0.29, 0.717) is 10.7 Å². The molecule has 2 nitrogen and oxygen atoms in total. The first kappa shape index (κ1) is 10.7. The average Bonchev–Trinajstić information content (AvgIpc) is 2.52. The molecule has 1 aromatic carbocycles. The first-order chi connectivity index (χ1) is 7.17. The number of rotatable bonds is 2. The van der Waals surface area contributed by atoms with Gasteiger partial charge in [0.1, 0.15) is 5.15 Å². The summed E-state index contributed by atoms with van der Waals surface area (Å²) >= 11 is 9.37. The summed E-state index contributed by atoms with van der Waals surface area (Å²) in [5.41, 5.74) is 2.63. The third kappa shape index (κ3) is 1.70. The highest BCUT2D eigenvalue weighted by molar-refractivity contribution is 9.10. The van der Waals surface area contributed by atoms with Gasteiger partial charge in [-0.1, -0.05) is 34.5 Å². The maximum Gasteiger partial charge on any atom is 0.153 e. The molecule has 0 amide bonds. The second kappa shape index (κ2) is 3.99. The van der Waals surface area contributed by atoms with E-state index >= 15 is 0 Å². The van der Waals surface area contributed by atoms with Gasteiger partial charge in [-0.2, -0.15) is 0 Å². The largest absolute Gasteiger partial charge is 0.345 e. The Hall–Kier alpha value is -0.800. The number of nitrogens with one attached hydrogen (secondary N) is 1. The van der Waals surface area contributed by atoms with Crippen LogP contribution in [0.15, 0.2) is 16.6 Å². The molecular formula is C11H9BrClNO. The number of hydrogen-bond donors (Lipinski definition) is 1. The Balaban J connectivity index is 2.89. The summed E-state index contributed by atoms with van der Waals surface area (Å²) < 4.78 is 0.964. The van der Waals surface area contributed by atoms with E-state index in [1.54, 1.807) is 0 Å². The Labute approximate surface area is 101 Å². The Morgan fingerprint density at radius 3 is 2.87 bits per heavy atom. The number of aryl methyl sites for hydroxylation is 1. The molecule has 0 aliphatic carbocycles. The lowest BCUT2D eigenvalue weighted by Crippen LogP contribution is -1.83. The van der Waals surface area contributed by atoms with E-state index in [4.69, 9.17) is 11.6 Å². The number of halogens is 2. The minimum atomic E-state index is 0.410. The van der Waals surface area contributed by atoms with Gasteiger partial charge in [-0.25, -0.2) is 0 Å². The number of aldehydes is 1. The number of fused-ring (bicyclic) bond motifs is 1. The van der Waals surface area contributed by atoms with Gasteiger partial charge in [-0.05, 0) is 24.1 Å². The molecule has 0 spiro atoms. The van der Waals surface area contributed by atoms with Crippen LogP contribution in [0.5, 0.6) is 0 Å². The third-order valence-electron chi connectivity index (χ3n) is 2.44. The van der Waals surface area contributed by atoms with Crippen LogP contribution < -0.4 is 0 Å². The molecule has 4 heteroatoms. The zero-order valence-corrected chi connectivity index (χ0v) is 10.4. The lowest BCUT2D eigenvalue weighted by Gasteiger charge is -2.00.